The Morgan fingerprint density at radius 1 is 1.60 bits per heavy atom. The van der Waals surface area contributed by atoms with Crippen LogP contribution in [0.3, 0.4) is 0 Å². The fraction of sp³-hybridized carbons (Fsp3) is 0.583. The highest BCUT2D eigenvalue weighted by Crippen LogP contribution is 2.21. The summed E-state index contributed by atoms with van der Waals surface area (Å²) in [4.78, 5) is 21.8. The molecule has 1 aromatic rings. The summed E-state index contributed by atoms with van der Waals surface area (Å²) in [5, 5.41) is 2.92. The van der Waals surface area contributed by atoms with Gasteiger partial charge in [0.15, 0.2) is 5.82 Å². The third-order valence-corrected chi connectivity index (χ3v) is 3.10. The van der Waals surface area contributed by atoms with E-state index in [2.05, 4.69) is 25.6 Å². The van der Waals surface area contributed by atoms with Crippen LogP contribution in [-0.4, -0.2) is 42.1 Å². The Kier molecular flexibility index (Phi) is 4.70. The van der Waals surface area contributed by atoms with Crippen molar-refractivity contribution in [1.29, 1.82) is 0 Å². The van der Waals surface area contributed by atoms with Gasteiger partial charge in [-0.25, -0.2) is 15.8 Å². The number of nitrogen functional groups attached to an aromatic ring is 1. The average molecular weight is 280 g/mol. The number of aromatic nitrogens is 2. The summed E-state index contributed by atoms with van der Waals surface area (Å²) in [6.07, 6.45) is 0.897. The van der Waals surface area contributed by atoms with E-state index in [1.807, 2.05) is 0 Å². The fourth-order valence-electron chi connectivity index (χ4n) is 2.29. The van der Waals surface area contributed by atoms with Gasteiger partial charge in [-0.2, -0.15) is 0 Å². The molecule has 20 heavy (non-hydrogen) atoms. The predicted octanol–water partition coefficient (Wildman–Crippen LogP) is -0.377. The third-order valence-electron chi connectivity index (χ3n) is 3.10. The number of nitrogens with one attached hydrogen (secondary N) is 2. The van der Waals surface area contributed by atoms with E-state index >= 15 is 0 Å². The van der Waals surface area contributed by atoms with Crippen molar-refractivity contribution in [2.45, 2.75) is 26.0 Å². The number of amides is 1. The molecule has 1 unspecified atom stereocenters. The summed E-state index contributed by atoms with van der Waals surface area (Å²) in [5.74, 6) is 7.31. The lowest BCUT2D eigenvalue weighted by Gasteiger charge is -2.19. The first kappa shape index (κ1) is 14.5. The van der Waals surface area contributed by atoms with E-state index in [9.17, 15) is 4.79 Å². The molecular weight excluding hydrogens is 260 g/mol. The van der Waals surface area contributed by atoms with E-state index in [-0.39, 0.29) is 11.9 Å². The number of methoxy groups -OCH3 is 1. The number of nitrogens with two attached hydrogens (primary N) is 1. The van der Waals surface area contributed by atoms with Crippen LogP contribution in [0.5, 0.6) is 0 Å². The highest BCUT2D eigenvalue weighted by molar-refractivity contribution is 5.73. The molecule has 1 fully saturated rings. The Labute approximate surface area is 117 Å². The molecule has 1 aromatic heterocycles. The molecule has 0 aromatic carbocycles. The third kappa shape index (κ3) is 3.55. The Bertz CT molecular complexity index is 481. The molecule has 1 aliphatic rings. The van der Waals surface area contributed by atoms with Gasteiger partial charge in [0, 0.05) is 39.2 Å². The van der Waals surface area contributed by atoms with Gasteiger partial charge in [-0.05, 0) is 6.42 Å². The van der Waals surface area contributed by atoms with E-state index < -0.39 is 0 Å². The molecule has 8 heteroatoms. The standard InChI is InChI=1S/C12H20N6O2/c1-8(19)14-9-3-4-18(6-9)12-5-10(17-13)15-11(16-12)7-20-2/h5,9H,3-4,6-7,13H2,1-2H3,(H,14,19)(H,15,16,17). The average Bonchev–Trinajstić information content (AvgIpc) is 2.86. The van der Waals surface area contributed by atoms with Gasteiger partial charge in [0.1, 0.15) is 18.2 Å². The number of ether oxygens (including phenoxy) is 1. The van der Waals surface area contributed by atoms with E-state index in [4.69, 9.17) is 10.6 Å². The molecule has 0 aliphatic carbocycles. The largest absolute Gasteiger partial charge is 0.377 e. The summed E-state index contributed by atoms with van der Waals surface area (Å²) >= 11 is 0. The summed E-state index contributed by atoms with van der Waals surface area (Å²) in [5.41, 5.74) is 2.53. The lowest BCUT2D eigenvalue weighted by Crippen LogP contribution is -2.35. The second-order valence-electron chi connectivity index (χ2n) is 4.74. The fourth-order valence-corrected chi connectivity index (χ4v) is 2.29. The number of hydrazine groups is 1. The number of hydrogen-bond acceptors (Lipinski definition) is 7. The molecule has 0 saturated carbocycles. The maximum Gasteiger partial charge on any atom is 0.217 e. The zero-order valence-corrected chi connectivity index (χ0v) is 11.7. The molecule has 1 saturated heterocycles. The van der Waals surface area contributed by atoms with Crippen LogP contribution < -0.4 is 21.5 Å². The van der Waals surface area contributed by atoms with E-state index in [1.165, 1.54) is 6.92 Å². The van der Waals surface area contributed by atoms with Crippen molar-refractivity contribution >= 4 is 17.5 Å². The van der Waals surface area contributed by atoms with E-state index in [0.29, 0.717) is 18.2 Å². The Hall–Kier alpha value is -1.93. The Morgan fingerprint density at radius 3 is 3.05 bits per heavy atom. The molecule has 0 radical (unpaired) electrons. The van der Waals surface area contributed by atoms with Crippen molar-refractivity contribution in [1.82, 2.24) is 15.3 Å². The number of nitrogens with zero attached hydrogens (tertiary/aromatic N) is 3. The van der Waals surface area contributed by atoms with E-state index in [1.54, 1.807) is 13.2 Å². The number of anilines is 2. The van der Waals surface area contributed by atoms with Gasteiger partial charge in [0.2, 0.25) is 5.91 Å². The molecule has 0 spiro atoms. The minimum Gasteiger partial charge on any atom is -0.377 e. The molecule has 2 heterocycles. The van der Waals surface area contributed by atoms with Crippen molar-refractivity contribution < 1.29 is 9.53 Å². The summed E-state index contributed by atoms with van der Waals surface area (Å²) < 4.78 is 5.05. The zero-order chi connectivity index (χ0) is 14.5. The quantitative estimate of drug-likeness (QED) is 0.499. The van der Waals surface area contributed by atoms with Crippen LogP contribution in [0.1, 0.15) is 19.2 Å². The highest BCUT2D eigenvalue weighted by atomic mass is 16.5. The molecule has 8 nitrogen and oxygen atoms in total. The summed E-state index contributed by atoms with van der Waals surface area (Å²) in [6.45, 7) is 3.41. The predicted molar refractivity (Wildman–Crippen MR) is 75.0 cm³/mol. The van der Waals surface area contributed by atoms with Gasteiger partial charge >= 0.3 is 0 Å². The lowest BCUT2D eigenvalue weighted by atomic mass is 10.3. The van der Waals surface area contributed by atoms with Crippen LogP contribution >= 0.6 is 0 Å². The zero-order valence-electron chi connectivity index (χ0n) is 11.7. The van der Waals surface area contributed by atoms with Crippen LogP contribution in [0.25, 0.3) is 0 Å². The van der Waals surface area contributed by atoms with Crippen molar-refractivity contribution in [3.05, 3.63) is 11.9 Å². The molecule has 2 rings (SSSR count). The van der Waals surface area contributed by atoms with Crippen LogP contribution in [0.15, 0.2) is 6.07 Å². The number of carbonyl (C=O) groups excluding carboxylic acids is 1. The molecule has 4 N–H and O–H groups in total. The van der Waals surface area contributed by atoms with Crippen molar-refractivity contribution in [3.63, 3.8) is 0 Å². The topological polar surface area (TPSA) is 105 Å². The van der Waals surface area contributed by atoms with Gasteiger partial charge < -0.3 is 20.4 Å². The van der Waals surface area contributed by atoms with Gasteiger partial charge in [-0.3, -0.25) is 4.79 Å². The first-order chi connectivity index (χ1) is 9.62. The first-order valence-electron chi connectivity index (χ1n) is 6.48. The maximum atomic E-state index is 11.1. The van der Waals surface area contributed by atoms with Crippen LogP contribution in [0.2, 0.25) is 0 Å². The maximum absolute atomic E-state index is 11.1. The Morgan fingerprint density at radius 2 is 2.40 bits per heavy atom. The Balaban J connectivity index is 2.12. The van der Waals surface area contributed by atoms with Crippen LogP contribution in [-0.2, 0) is 16.1 Å². The highest BCUT2D eigenvalue weighted by Gasteiger charge is 2.24. The minimum atomic E-state index is -0.0103. The molecule has 1 atom stereocenters. The molecule has 1 aliphatic heterocycles. The van der Waals surface area contributed by atoms with Crippen molar-refractivity contribution in [3.8, 4) is 0 Å². The number of carbonyl (C=O) groups is 1. The normalized spacial score (nSPS) is 18.1. The monoisotopic (exact) mass is 280 g/mol. The van der Waals surface area contributed by atoms with Crippen LogP contribution in [0, 0.1) is 0 Å². The lowest BCUT2D eigenvalue weighted by molar-refractivity contribution is -0.119. The second-order valence-corrected chi connectivity index (χ2v) is 4.74. The smallest absolute Gasteiger partial charge is 0.217 e. The molecule has 1 amide bonds. The number of rotatable bonds is 5. The number of hydrogen-bond donors (Lipinski definition) is 3. The first-order valence-corrected chi connectivity index (χ1v) is 6.48. The van der Waals surface area contributed by atoms with Crippen LogP contribution in [0.4, 0.5) is 11.6 Å². The second kappa shape index (κ2) is 6.49. The van der Waals surface area contributed by atoms with Crippen molar-refractivity contribution in [2.24, 2.45) is 5.84 Å². The minimum absolute atomic E-state index is 0.0103. The SMILES string of the molecule is COCc1nc(NN)cc(N2CCC(NC(C)=O)C2)n1. The van der Waals surface area contributed by atoms with Gasteiger partial charge in [0.25, 0.3) is 0 Å². The van der Waals surface area contributed by atoms with E-state index in [0.717, 1.165) is 25.3 Å². The van der Waals surface area contributed by atoms with Gasteiger partial charge in [-0.15, -0.1) is 0 Å². The van der Waals surface area contributed by atoms with Gasteiger partial charge in [0.05, 0.1) is 0 Å². The molecule has 110 valence electrons. The summed E-state index contributed by atoms with van der Waals surface area (Å²) in [6, 6.07) is 1.94. The molecular formula is C12H20N6O2. The van der Waals surface area contributed by atoms with Crippen molar-refractivity contribution in [2.75, 3.05) is 30.5 Å². The molecule has 0 bridgehead atoms. The van der Waals surface area contributed by atoms with Gasteiger partial charge in [-0.1, -0.05) is 0 Å². The summed E-state index contributed by atoms with van der Waals surface area (Å²) in [7, 11) is 1.59.